The van der Waals surface area contributed by atoms with Crippen LogP contribution in [0.2, 0.25) is 0 Å². The van der Waals surface area contributed by atoms with Gasteiger partial charge in [0.1, 0.15) is 12.4 Å². The van der Waals surface area contributed by atoms with Crippen molar-refractivity contribution in [2.75, 3.05) is 6.61 Å². The van der Waals surface area contributed by atoms with Gasteiger partial charge in [-0.15, -0.1) is 0 Å². The summed E-state index contributed by atoms with van der Waals surface area (Å²) in [6.45, 7) is 6.63. The van der Waals surface area contributed by atoms with Gasteiger partial charge >= 0.3 is 0 Å². The zero-order valence-electron chi connectivity index (χ0n) is 8.88. The quantitative estimate of drug-likeness (QED) is 0.703. The highest BCUT2D eigenvalue weighted by Gasteiger charge is 1.98. The van der Waals surface area contributed by atoms with Crippen LogP contribution in [0.4, 0.5) is 0 Å². The van der Waals surface area contributed by atoms with Crippen molar-refractivity contribution in [1.29, 1.82) is 0 Å². The molecule has 0 amide bonds. The molecule has 1 rings (SSSR count). The molecule has 3 heteroatoms. The summed E-state index contributed by atoms with van der Waals surface area (Å²) >= 11 is 0. The van der Waals surface area contributed by atoms with E-state index in [2.05, 4.69) is 19.9 Å². The minimum absolute atomic E-state index is 0. The molecule has 0 fully saturated rings. The maximum atomic E-state index is 5.59. The minimum Gasteiger partial charge on any atom is -1.00 e. The molecular formula is C11H17ClNO-. The zero-order chi connectivity index (χ0) is 9.84. The number of benzene rings is 1. The molecule has 0 heterocycles. The predicted octanol–water partition coefficient (Wildman–Crippen LogP) is -0.967. The fraction of sp³-hybridized carbons (Fsp3) is 0.455. The highest BCUT2D eigenvalue weighted by molar-refractivity contribution is 5.32. The first-order valence-electron chi connectivity index (χ1n) is 4.54. The Kier molecular flexibility index (Phi) is 5.58. The van der Waals surface area contributed by atoms with Crippen molar-refractivity contribution in [3.63, 3.8) is 0 Å². The smallest absolute Gasteiger partial charge is 0.119 e. The second-order valence-electron chi connectivity index (χ2n) is 3.61. The molecule has 1 unspecified atom stereocenters. The Morgan fingerprint density at radius 3 is 2.14 bits per heavy atom. The average molecular weight is 215 g/mol. The maximum Gasteiger partial charge on any atom is 0.119 e. The van der Waals surface area contributed by atoms with Gasteiger partial charge in [-0.05, 0) is 44.0 Å². The molecule has 1 atom stereocenters. The average Bonchev–Trinajstić information content (AvgIpc) is 1.99. The van der Waals surface area contributed by atoms with E-state index in [0.717, 1.165) is 5.75 Å². The molecule has 0 saturated carbocycles. The SMILES string of the molecule is Cc1cc(C)cc(OCC(C)N)c1.[Cl-]. The van der Waals surface area contributed by atoms with E-state index in [0.29, 0.717) is 6.61 Å². The number of ether oxygens (including phenoxy) is 1. The summed E-state index contributed by atoms with van der Waals surface area (Å²) < 4.78 is 5.50. The highest BCUT2D eigenvalue weighted by atomic mass is 35.5. The van der Waals surface area contributed by atoms with Crippen molar-refractivity contribution >= 4 is 0 Å². The van der Waals surface area contributed by atoms with Gasteiger partial charge in [0, 0.05) is 6.04 Å². The Hall–Kier alpha value is -0.730. The second kappa shape index (κ2) is 5.89. The van der Waals surface area contributed by atoms with Gasteiger partial charge in [-0.2, -0.15) is 0 Å². The number of nitrogens with two attached hydrogens (primary N) is 1. The third-order valence-corrected chi connectivity index (χ3v) is 1.71. The van der Waals surface area contributed by atoms with E-state index >= 15 is 0 Å². The highest BCUT2D eigenvalue weighted by Crippen LogP contribution is 2.15. The summed E-state index contributed by atoms with van der Waals surface area (Å²) in [4.78, 5) is 0. The van der Waals surface area contributed by atoms with Crippen LogP contribution in [0.5, 0.6) is 5.75 Å². The molecule has 80 valence electrons. The fourth-order valence-corrected chi connectivity index (χ4v) is 1.24. The maximum absolute atomic E-state index is 5.59. The summed E-state index contributed by atoms with van der Waals surface area (Å²) in [5.74, 6) is 0.912. The van der Waals surface area contributed by atoms with Crippen LogP contribution in [0.15, 0.2) is 18.2 Å². The van der Waals surface area contributed by atoms with E-state index in [1.807, 2.05) is 19.1 Å². The Morgan fingerprint density at radius 1 is 1.21 bits per heavy atom. The molecule has 0 spiro atoms. The van der Waals surface area contributed by atoms with Gasteiger partial charge in [-0.1, -0.05) is 6.07 Å². The summed E-state index contributed by atoms with van der Waals surface area (Å²) in [5, 5.41) is 0. The van der Waals surface area contributed by atoms with Crippen molar-refractivity contribution in [1.82, 2.24) is 0 Å². The van der Waals surface area contributed by atoms with E-state index in [4.69, 9.17) is 10.5 Å². The molecule has 0 saturated heterocycles. The van der Waals surface area contributed by atoms with Crippen molar-refractivity contribution in [3.8, 4) is 5.75 Å². The molecule has 0 aliphatic rings. The summed E-state index contributed by atoms with van der Waals surface area (Å²) in [6.07, 6.45) is 0. The van der Waals surface area contributed by atoms with Gasteiger partial charge in [-0.25, -0.2) is 0 Å². The number of halogens is 1. The number of rotatable bonds is 3. The largest absolute Gasteiger partial charge is 1.00 e. The topological polar surface area (TPSA) is 35.2 Å². The molecule has 1 aromatic carbocycles. The standard InChI is InChI=1S/C11H17NO.ClH/c1-8-4-9(2)6-11(5-8)13-7-10(3)12;/h4-6,10H,7,12H2,1-3H3;1H/p-1. The van der Waals surface area contributed by atoms with Gasteiger partial charge in [0.2, 0.25) is 0 Å². The predicted molar refractivity (Wildman–Crippen MR) is 55.1 cm³/mol. The molecule has 0 radical (unpaired) electrons. The molecule has 0 aromatic heterocycles. The zero-order valence-corrected chi connectivity index (χ0v) is 9.64. The van der Waals surface area contributed by atoms with Crippen LogP contribution in [0.3, 0.4) is 0 Å². The first-order chi connectivity index (χ1) is 6.08. The van der Waals surface area contributed by atoms with E-state index < -0.39 is 0 Å². The van der Waals surface area contributed by atoms with E-state index in [9.17, 15) is 0 Å². The Bertz CT molecular complexity index is 266. The van der Waals surface area contributed by atoms with Gasteiger partial charge < -0.3 is 22.9 Å². The lowest BCUT2D eigenvalue weighted by Gasteiger charge is -2.09. The van der Waals surface area contributed by atoms with E-state index in [1.165, 1.54) is 11.1 Å². The fourth-order valence-electron chi connectivity index (χ4n) is 1.24. The lowest BCUT2D eigenvalue weighted by atomic mass is 10.1. The van der Waals surface area contributed by atoms with Gasteiger partial charge in [0.15, 0.2) is 0 Å². The third kappa shape index (κ3) is 4.49. The Balaban J connectivity index is 0.00000169. The molecule has 0 aliphatic carbocycles. The molecule has 2 N–H and O–H groups in total. The Labute approximate surface area is 91.9 Å². The minimum atomic E-state index is 0. The van der Waals surface area contributed by atoms with Crippen LogP contribution in [0.1, 0.15) is 18.1 Å². The number of hydrogen-bond acceptors (Lipinski definition) is 2. The van der Waals surface area contributed by atoms with Crippen LogP contribution in [0, 0.1) is 13.8 Å². The first kappa shape index (κ1) is 13.3. The molecule has 0 bridgehead atoms. The molecule has 0 aliphatic heterocycles. The monoisotopic (exact) mass is 214 g/mol. The second-order valence-corrected chi connectivity index (χ2v) is 3.61. The van der Waals surface area contributed by atoms with E-state index in [1.54, 1.807) is 0 Å². The lowest BCUT2D eigenvalue weighted by Crippen LogP contribution is -3.00. The normalized spacial score (nSPS) is 11.7. The van der Waals surface area contributed by atoms with Crippen LogP contribution in [0.25, 0.3) is 0 Å². The molecular weight excluding hydrogens is 198 g/mol. The van der Waals surface area contributed by atoms with Gasteiger partial charge in [-0.3, -0.25) is 0 Å². The van der Waals surface area contributed by atoms with Gasteiger partial charge in [0.05, 0.1) is 0 Å². The third-order valence-electron chi connectivity index (χ3n) is 1.71. The van der Waals surface area contributed by atoms with Crippen molar-refractivity contribution in [2.45, 2.75) is 26.8 Å². The van der Waals surface area contributed by atoms with E-state index in [-0.39, 0.29) is 18.4 Å². The van der Waals surface area contributed by atoms with Crippen molar-refractivity contribution in [2.24, 2.45) is 5.73 Å². The van der Waals surface area contributed by atoms with Crippen molar-refractivity contribution in [3.05, 3.63) is 29.3 Å². The van der Waals surface area contributed by atoms with Crippen LogP contribution in [-0.4, -0.2) is 12.6 Å². The molecule has 2 nitrogen and oxygen atoms in total. The molecule has 1 aromatic rings. The summed E-state index contributed by atoms with van der Waals surface area (Å²) in [6, 6.07) is 6.25. The van der Waals surface area contributed by atoms with Crippen LogP contribution in [-0.2, 0) is 0 Å². The van der Waals surface area contributed by atoms with Crippen LogP contribution >= 0.6 is 0 Å². The Morgan fingerprint density at radius 2 is 1.71 bits per heavy atom. The lowest BCUT2D eigenvalue weighted by molar-refractivity contribution is -0.00000345. The number of aryl methyl sites for hydroxylation is 2. The van der Waals surface area contributed by atoms with Crippen LogP contribution < -0.4 is 22.9 Å². The first-order valence-corrected chi connectivity index (χ1v) is 4.54. The number of hydrogen-bond donors (Lipinski definition) is 1. The van der Waals surface area contributed by atoms with Crippen molar-refractivity contribution < 1.29 is 17.1 Å². The van der Waals surface area contributed by atoms with Gasteiger partial charge in [0.25, 0.3) is 0 Å². The summed E-state index contributed by atoms with van der Waals surface area (Å²) in [7, 11) is 0. The molecule has 14 heavy (non-hydrogen) atoms. The summed E-state index contributed by atoms with van der Waals surface area (Å²) in [5.41, 5.74) is 8.04.